The molecule has 0 radical (unpaired) electrons. The van der Waals surface area contributed by atoms with Gasteiger partial charge >= 0.3 is 0 Å². The zero-order valence-corrected chi connectivity index (χ0v) is 19.2. The molecule has 2 N–H and O–H groups in total. The van der Waals surface area contributed by atoms with Gasteiger partial charge in [-0.3, -0.25) is 4.99 Å². The summed E-state index contributed by atoms with van der Waals surface area (Å²) in [5.41, 5.74) is 1.36. The van der Waals surface area contributed by atoms with E-state index in [1.807, 2.05) is 14.0 Å². The van der Waals surface area contributed by atoms with E-state index in [1.54, 1.807) is 0 Å². The van der Waals surface area contributed by atoms with Crippen LogP contribution in [0, 0.1) is 0 Å². The number of aliphatic imine (C=N–C) groups is 1. The van der Waals surface area contributed by atoms with Crippen molar-refractivity contribution < 1.29 is 18.9 Å². The van der Waals surface area contributed by atoms with Crippen LogP contribution in [-0.4, -0.2) is 71.8 Å². The van der Waals surface area contributed by atoms with E-state index in [9.17, 15) is 0 Å². The van der Waals surface area contributed by atoms with Crippen LogP contribution in [0.5, 0.6) is 5.75 Å². The van der Waals surface area contributed by atoms with Crippen molar-refractivity contribution in [3.63, 3.8) is 0 Å². The molecule has 174 valence electrons. The molecular formula is C24H39N3O4. The van der Waals surface area contributed by atoms with E-state index in [4.69, 9.17) is 18.9 Å². The highest BCUT2D eigenvalue weighted by atomic mass is 16.5. The van der Waals surface area contributed by atoms with Gasteiger partial charge in [0.25, 0.3) is 0 Å². The van der Waals surface area contributed by atoms with Gasteiger partial charge in [-0.05, 0) is 56.7 Å². The number of benzene rings is 1. The molecule has 0 bridgehead atoms. The topological polar surface area (TPSA) is 73.3 Å². The first-order chi connectivity index (χ1) is 15.3. The van der Waals surface area contributed by atoms with E-state index in [1.165, 1.54) is 5.56 Å². The van der Waals surface area contributed by atoms with Gasteiger partial charge in [-0.15, -0.1) is 0 Å². The maximum atomic E-state index is 5.74. The molecule has 3 rings (SSSR count). The van der Waals surface area contributed by atoms with Crippen molar-refractivity contribution in [1.29, 1.82) is 0 Å². The summed E-state index contributed by atoms with van der Waals surface area (Å²) in [5.74, 6) is 1.75. The van der Waals surface area contributed by atoms with Crippen LogP contribution in [0.15, 0.2) is 29.3 Å². The summed E-state index contributed by atoms with van der Waals surface area (Å²) in [6.45, 7) is 8.21. The third kappa shape index (κ3) is 7.37. The average molecular weight is 434 g/mol. The number of hydrogen-bond acceptors (Lipinski definition) is 5. The van der Waals surface area contributed by atoms with Crippen LogP contribution in [0.1, 0.15) is 44.6 Å². The Balaban J connectivity index is 1.44. The third-order valence-corrected chi connectivity index (χ3v) is 6.13. The Morgan fingerprint density at radius 2 is 1.97 bits per heavy atom. The smallest absolute Gasteiger partial charge is 0.191 e. The van der Waals surface area contributed by atoms with E-state index >= 15 is 0 Å². The van der Waals surface area contributed by atoms with Gasteiger partial charge in [0.15, 0.2) is 5.96 Å². The molecule has 1 aromatic rings. The minimum atomic E-state index is 0.0327. The zero-order chi connectivity index (χ0) is 21.8. The van der Waals surface area contributed by atoms with Crippen molar-refractivity contribution in [2.45, 2.75) is 50.5 Å². The second kappa shape index (κ2) is 12.9. The molecule has 1 atom stereocenters. The van der Waals surface area contributed by atoms with Gasteiger partial charge in [0.1, 0.15) is 5.75 Å². The molecule has 2 aliphatic rings. The molecule has 2 saturated heterocycles. The van der Waals surface area contributed by atoms with Gasteiger partial charge in [0.05, 0.1) is 19.3 Å². The first-order valence-electron chi connectivity index (χ1n) is 11.7. The summed E-state index contributed by atoms with van der Waals surface area (Å²) in [6, 6.07) is 8.53. The van der Waals surface area contributed by atoms with E-state index in [2.05, 4.69) is 39.9 Å². The Morgan fingerprint density at radius 1 is 1.16 bits per heavy atom. The Hall–Kier alpha value is -1.83. The van der Waals surface area contributed by atoms with Crippen molar-refractivity contribution in [2.24, 2.45) is 4.99 Å². The van der Waals surface area contributed by atoms with Gasteiger partial charge in [0, 0.05) is 52.0 Å². The summed E-state index contributed by atoms with van der Waals surface area (Å²) in [5, 5.41) is 6.95. The SMILES string of the molecule is CCOc1ccc(C2(CNC(=NC)NCCCOCC3CCCO3)CCOCC2)cc1. The number of nitrogens with zero attached hydrogens (tertiary/aromatic N) is 1. The lowest BCUT2D eigenvalue weighted by molar-refractivity contribution is 0.0168. The third-order valence-electron chi connectivity index (χ3n) is 6.13. The van der Waals surface area contributed by atoms with Gasteiger partial charge in [-0.25, -0.2) is 0 Å². The lowest BCUT2D eigenvalue weighted by Gasteiger charge is -2.38. The molecule has 2 heterocycles. The van der Waals surface area contributed by atoms with Crippen LogP contribution in [0.4, 0.5) is 0 Å². The number of ether oxygens (including phenoxy) is 4. The Bertz CT molecular complexity index is 653. The fourth-order valence-corrected chi connectivity index (χ4v) is 4.25. The van der Waals surface area contributed by atoms with Crippen LogP contribution in [-0.2, 0) is 19.6 Å². The minimum absolute atomic E-state index is 0.0327. The molecule has 7 nitrogen and oxygen atoms in total. The molecule has 1 unspecified atom stereocenters. The molecular weight excluding hydrogens is 394 g/mol. The number of guanidine groups is 1. The largest absolute Gasteiger partial charge is 0.494 e. The van der Waals surface area contributed by atoms with Crippen molar-refractivity contribution in [1.82, 2.24) is 10.6 Å². The van der Waals surface area contributed by atoms with Gasteiger partial charge < -0.3 is 29.6 Å². The maximum Gasteiger partial charge on any atom is 0.191 e. The maximum absolute atomic E-state index is 5.74. The molecule has 1 aromatic carbocycles. The number of hydrogen-bond donors (Lipinski definition) is 2. The van der Waals surface area contributed by atoms with Gasteiger partial charge in [-0.2, -0.15) is 0 Å². The van der Waals surface area contributed by atoms with Crippen molar-refractivity contribution >= 4 is 5.96 Å². The molecule has 0 aromatic heterocycles. The fraction of sp³-hybridized carbons (Fsp3) is 0.708. The normalized spacial score (nSPS) is 21.1. The lowest BCUT2D eigenvalue weighted by atomic mass is 9.74. The van der Waals surface area contributed by atoms with E-state index in [0.29, 0.717) is 19.3 Å². The molecule has 0 amide bonds. The lowest BCUT2D eigenvalue weighted by Crippen LogP contribution is -2.48. The first-order valence-corrected chi connectivity index (χ1v) is 11.7. The monoisotopic (exact) mass is 433 g/mol. The highest BCUT2D eigenvalue weighted by molar-refractivity contribution is 5.79. The number of nitrogens with one attached hydrogen (secondary N) is 2. The Morgan fingerprint density at radius 3 is 2.65 bits per heavy atom. The van der Waals surface area contributed by atoms with Gasteiger partial charge in [-0.1, -0.05) is 12.1 Å². The second-order valence-electron chi connectivity index (χ2n) is 8.27. The second-order valence-corrected chi connectivity index (χ2v) is 8.27. The van der Waals surface area contributed by atoms with Gasteiger partial charge in [0.2, 0.25) is 0 Å². The highest BCUT2D eigenvalue weighted by Gasteiger charge is 2.34. The quantitative estimate of drug-likeness (QED) is 0.318. The molecule has 31 heavy (non-hydrogen) atoms. The molecule has 2 fully saturated rings. The van der Waals surface area contributed by atoms with E-state index < -0.39 is 0 Å². The summed E-state index contributed by atoms with van der Waals surface area (Å²) < 4.78 is 22.6. The predicted molar refractivity (Wildman–Crippen MR) is 123 cm³/mol. The van der Waals surface area contributed by atoms with Crippen LogP contribution >= 0.6 is 0 Å². The van der Waals surface area contributed by atoms with Crippen molar-refractivity contribution in [3.8, 4) is 5.75 Å². The Labute approximate surface area is 186 Å². The zero-order valence-electron chi connectivity index (χ0n) is 19.2. The van der Waals surface area contributed by atoms with Crippen LogP contribution in [0.3, 0.4) is 0 Å². The summed E-state index contributed by atoms with van der Waals surface area (Å²) >= 11 is 0. The molecule has 0 saturated carbocycles. The fourth-order valence-electron chi connectivity index (χ4n) is 4.25. The van der Waals surface area contributed by atoms with Crippen molar-refractivity contribution in [3.05, 3.63) is 29.8 Å². The molecule has 0 aliphatic carbocycles. The molecule has 0 spiro atoms. The average Bonchev–Trinajstić information content (AvgIpc) is 3.33. The van der Waals surface area contributed by atoms with E-state index in [-0.39, 0.29) is 5.41 Å². The van der Waals surface area contributed by atoms with Crippen LogP contribution in [0.25, 0.3) is 0 Å². The van der Waals surface area contributed by atoms with Crippen LogP contribution < -0.4 is 15.4 Å². The predicted octanol–water partition coefficient (Wildman–Crippen LogP) is 2.88. The van der Waals surface area contributed by atoms with E-state index in [0.717, 1.165) is 83.3 Å². The van der Waals surface area contributed by atoms with Crippen LogP contribution in [0.2, 0.25) is 0 Å². The van der Waals surface area contributed by atoms with Crippen molar-refractivity contribution in [2.75, 3.05) is 59.8 Å². The number of rotatable bonds is 11. The summed E-state index contributed by atoms with van der Waals surface area (Å²) in [6.07, 6.45) is 5.48. The summed E-state index contributed by atoms with van der Waals surface area (Å²) in [4.78, 5) is 4.40. The molecule has 7 heteroatoms. The molecule has 2 aliphatic heterocycles. The summed E-state index contributed by atoms with van der Waals surface area (Å²) in [7, 11) is 1.82. The highest BCUT2D eigenvalue weighted by Crippen LogP contribution is 2.35. The standard InChI is InChI=1S/C24H39N3O4/c1-3-30-21-9-7-20(8-10-21)24(11-16-28-17-12-24)19-27-23(25-2)26-13-5-14-29-18-22-6-4-15-31-22/h7-10,22H,3-6,11-19H2,1-2H3,(H2,25,26,27). The Kier molecular flexibility index (Phi) is 9.90. The first kappa shape index (κ1) is 23.8. The minimum Gasteiger partial charge on any atom is -0.494 e.